The summed E-state index contributed by atoms with van der Waals surface area (Å²) >= 11 is 0. The highest BCUT2D eigenvalue weighted by molar-refractivity contribution is 6.11. The molecule has 0 aromatic rings. The van der Waals surface area contributed by atoms with E-state index in [-0.39, 0.29) is 37.0 Å². The quantitative estimate of drug-likeness (QED) is 0.756. The lowest BCUT2D eigenvalue weighted by Gasteiger charge is -2.44. The predicted molar refractivity (Wildman–Crippen MR) is 80.7 cm³/mol. The number of hydrogen-bond donors (Lipinski definition) is 2. The van der Waals surface area contributed by atoms with E-state index in [9.17, 15) is 33.0 Å². The summed E-state index contributed by atoms with van der Waals surface area (Å²) < 4.78 is 37.9. The van der Waals surface area contributed by atoms with Crippen LogP contribution in [0.1, 0.15) is 26.7 Å². The molecule has 5 nitrogen and oxygen atoms in total. The van der Waals surface area contributed by atoms with Crippen molar-refractivity contribution in [3.05, 3.63) is 34.6 Å². The number of carbonyl (C=O) groups is 2. The van der Waals surface area contributed by atoms with Crippen LogP contribution in [0.3, 0.4) is 0 Å². The van der Waals surface area contributed by atoms with Gasteiger partial charge in [-0.25, -0.2) is 0 Å². The van der Waals surface area contributed by atoms with Crippen LogP contribution < -0.4 is 0 Å². The summed E-state index contributed by atoms with van der Waals surface area (Å²) in [5.41, 5.74) is 2.08. The number of halogens is 3. The lowest BCUT2D eigenvalue weighted by atomic mass is 9.70. The molecule has 1 amide bonds. The molecular formula is C17H18F3NO4. The number of ketones is 1. The molecule has 1 fully saturated rings. The monoisotopic (exact) mass is 357 g/mol. The van der Waals surface area contributed by atoms with Gasteiger partial charge >= 0.3 is 6.18 Å². The number of hydrogen-bond acceptors (Lipinski definition) is 4. The molecule has 0 aromatic heterocycles. The molecule has 0 aromatic carbocycles. The van der Waals surface area contributed by atoms with Gasteiger partial charge in [0, 0.05) is 29.2 Å². The van der Waals surface area contributed by atoms with Crippen molar-refractivity contribution in [2.45, 2.75) is 38.7 Å². The molecule has 0 saturated heterocycles. The molecule has 0 radical (unpaired) electrons. The van der Waals surface area contributed by atoms with Crippen LogP contribution in [0.5, 0.6) is 0 Å². The van der Waals surface area contributed by atoms with E-state index in [0.29, 0.717) is 22.4 Å². The summed E-state index contributed by atoms with van der Waals surface area (Å²) in [6.07, 6.45) is -2.25. The molecule has 3 rings (SSSR count). The van der Waals surface area contributed by atoms with Gasteiger partial charge in [-0.3, -0.25) is 9.59 Å². The third-order valence-electron chi connectivity index (χ3n) is 5.28. The number of aliphatic hydroxyl groups is 2. The van der Waals surface area contributed by atoms with Crippen molar-refractivity contribution < 1.29 is 33.0 Å². The molecule has 1 aliphatic heterocycles. The van der Waals surface area contributed by atoms with Crippen LogP contribution in [0.4, 0.5) is 13.2 Å². The average molecular weight is 357 g/mol. The van der Waals surface area contributed by atoms with E-state index in [0.717, 1.165) is 0 Å². The van der Waals surface area contributed by atoms with E-state index in [2.05, 4.69) is 0 Å². The van der Waals surface area contributed by atoms with E-state index in [1.54, 1.807) is 19.9 Å². The molecule has 8 heteroatoms. The third-order valence-corrected chi connectivity index (χ3v) is 5.28. The van der Waals surface area contributed by atoms with Crippen LogP contribution in [0, 0.1) is 11.8 Å². The largest absolute Gasteiger partial charge is 0.443 e. The molecule has 0 bridgehead atoms. The highest BCUT2D eigenvalue weighted by atomic mass is 19.4. The fourth-order valence-corrected chi connectivity index (χ4v) is 3.63. The Hall–Kier alpha value is -1.93. The van der Waals surface area contributed by atoms with E-state index in [1.807, 2.05) is 0 Å². The maximum Gasteiger partial charge on any atom is 0.443 e. The Morgan fingerprint density at radius 2 is 1.72 bits per heavy atom. The molecule has 25 heavy (non-hydrogen) atoms. The van der Waals surface area contributed by atoms with Crippen molar-refractivity contribution in [1.82, 2.24) is 4.90 Å². The van der Waals surface area contributed by atoms with Crippen molar-refractivity contribution in [3.8, 4) is 0 Å². The Labute approximate surface area is 142 Å². The summed E-state index contributed by atoms with van der Waals surface area (Å²) in [5, 5.41) is 18.6. The summed E-state index contributed by atoms with van der Waals surface area (Å²) in [5.74, 6) is -5.80. The first kappa shape index (κ1) is 17.9. The first-order chi connectivity index (χ1) is 11.4. The lowest BCUT2D eigenvalue weighted by molar-refractivity contribution is -0.380. The number of rotatable bonds is 3. The number of fused-ring (bicyclic) bond motifs is 1. The zero-order chi connectivity index (χ0) is 18.7. The fourth-order valence-electron chi connectivity index (χ4n) is 3.63. The molecule has 2 aliphatic carbocycles. The maximum atomic E-state index is 12.6. The van der Waals surface area contributed by atoms with Crippen molar-refractivity contribution in [3.63, 3.8) is 0 Å². The summed E-state index contributed by atoms with van der Waals surface area (Å²) in [6.45, 7) is 3.41. The van der Waals surface area contributed by atoms with E-state index in [4.69, 9.17) is 0 Å². The smallest absolute Gasteiger partial charge is 0.358 e. The first-order valence-corrected chi connectivity index (χ1v) is 7.93. The van der Waals surface area contributed by atoms with Crippen molar-refractivity contribution in [2.24, 2.45) is 11.8 Å². The summed E-state index contributed by atoms with van der Waals surface area (Å²) in [6, 6.07) is 0. The number of carbonyl (C=O) groups excluding carboxylic acids is 2. The second-order valence-electron chi connectivity index (χ2n) is 6.88. The number of allylic oxidation sites excluding steroid dienone is 3. The standard InChI is InChI=1S/C17H18F3NO4/c1-8-12-3-4-13(22)9(2)14(12)21(15(8)23)7-10-5-11(6-10)16(24,25)17(18,19)20/h3-4,10-11,24-25H,5-7H2,1-2H3. The number of alkyl halides is 3. The van der Waals surface area contributed by atoms with Crippen LogP contribution in [-0.4, -0.2) is 45.3 Å². The molecule has 3 aliphatic rings. The van der Waals surface area contributed by atoms with Crippen molar-refractivity contribution >= 4 is 11.7 Å². The zero-order valence-electron chi connectivity index (χ0n) is 13.7. The molecule has 1 heterocycles. The van der Waals surface area contributed by atoms with Gasteiger partial charge in [-0.2, -0.15) is 13.2 Å². The Bertz CT molecular complexity index is 739. The SMILES string of the molecule is CC1=C2C=CC(=O)C(C)=C2N(CC2CC(C(O)(O)C(F)(F)F)C2)C1=O. The average Bonchev–Trinajstić information content (AvgIpc) is 2.69. The van der Waals surface area contributed by atoms with Crippen LogP contribution in [0.15, 0.2) is 34.6 Å². The van der Waals surface area contributed by atoms with E-state index >= 15 is 0 Å². The van der Waals surface area contributed by atoms with Gasteiger partial charge in [-0.05, 0) is 44.8 Å². The molecule has 0 unspecified atom stereocenters. The lowest BCUT2D eigenvalue weighted by Crippen LogP contribution is -2.56. The normalized spacial score (nSPS) is 27.2. The van der Waals surface area contributed by atoms with Gasteiger partial charge in [0.15, 0.2) is 5.78 Å². The maximum absolute atomic E-state index is 12.6. The third kappa shape index (κ3) is 2.64. The minimum Gasteiger partial charge on any atom is -0.358 e. The minimum atomic E-state index is -5.11. The zero-order valence-corrected chi connectivity index (χ0v) is 13.7. The van der Waals surface area contributed by atoms with Gasteiger partial charge in [0.25, 0.3) is 11.7 Å². The topological polar surface area (TPSA) is 77.8 Å². The number of amides is 1. The van der Waals surface area contributed by atoms with Gasteiger partial charge in [0.1, 0.15) is 0 Å². The van der Waals surface area contributed by atoms with E-state index in [1.165, 1.54) is 11.0 Å². The van der Waals surface area contributed by atoms with Crippen molar-refractivity contribution in [2.75, 3.05) is 6.54 Å². The van der Waals surface area contributed by atoms with Crippen molar-refractivity contribution in [1.29, 1.82) is 0 Å². The van der Waals surface area contributed by atoms with Crippen LogP contribution in [-0.2, 0) is 9.59 Å². The Morgan fingerprint density at radius 1 is 1.12 bits per heavy atom. The molecule has 2 N–H and O–H groups in total. The van der Waals surface area contributed by atoms with Gasteiger partial charge in [0.05, 0.1) is 5.70 Å². The van der Waals surface area contributed by atoms with Crippen LogP contribution in [0.2, 0.25) is 0 Å². The second kappa shape index (κ2) is 5.54. The molecule has 136 valence electrons. The summed E-state index contributed by atoms with van der Waals surface area (Å²) in [7, 11) is 0. The summed E-state index contributed by atoms with van der Waals surface area (Å²) in [4.78, 5) is 25.7. The predicted octanol–water partition coefficient (Wildman–Crippen LogP) is 1.83. The highest BCUT2D eigenvalue weighted by Crippen LogP contribution is 2.48. The van der Waals surface area contributed by atoms with Gasteiger partial charge in [-0.1, -0.05) is 0 Å². The highest BCUT2D eigenvalue weighted by Gasteiger charge is 2.61. The Morgan fingerprint density at radius 3 is 2.28 bits per heavy atom. The van der Waals surface area contributed by atoms with Crippen LogP contribution >= 0.6 is 0 Å². The van der Waals surface area contributed by atoms with Gasteiger partial charge < -0.3 is 15.1 Å². The Kier molecular flexibility index (Phi) is 3.96. The molecule has 0 spiro atoms. The first-order valence-electron chi connectivity index (χ1n) is 7.93. The van der Waals surface area contributed by atoms with E-state index < -0.39 is 17.9 Å². The van der Waals surface area contributed by atoms with Gasteiger partial charge in [0.2, 0.25) is 0 Å². The van der Waals surface area contributed by atoms with Crippen LogP contribution in [0.25, 0.3) is 0 Å². The molecule has 1 saturated carbocycles. The Balaban J connectivity index is 1.73. The fraction of sp³-hybridized carbons (Fsp3) is 0.529. The molecule has 0 atom stereocenters. The van der Waals surface area contributed by atoms with Gasteiger partial charge in [-0.15, -0.1) is 0 Å². The minimum absolute atomic E-state index is 0.0548. The molecular weight excluding hydrogens is 339 g/mol. The second-order valence-corrected chi connectivity index (χ2v) is 6.88. The number of nitrogens with zero attached hydrogens (tertiary/aromatic N) is 1.